The first-order valence-electron chi connectivity index (χ1n) is 11.7. The van der Waals surface area contributed by atoms with Gasteiger partial charge in [0.05, 0.1) is 12.1 Å². The van der Waals surface area contributed by atoms with Gasteiger partial charge in [-0.2, -0.15) is 11.8 Å². The van der Waals surface area contributed by atoms with Gasteiger partial charge in [0.1, 0.15) is 0 Å². The Morgan fingerprint density at radius 1 is 0.939 bits per heavy atom. The van der Waals surface area contributed by atoms with E-state index in [-0.39, 0.29) is 21.9 Å². The fraction of sp³-hybridized carbons (Fsp3) is 0.556. The number of benzene rings is 2. The van der Waals surface area contributed by atoms with E-state index < -0.39 is 0 Å². The van der Waals surface area contributed by atoms with Crippen molar-refractivity contribution < 1.29 is 4.43 Å². The topological polar surface area (TPSA) is 21.3 Å². The van der Waals surface area contributed by atoms with Crippen LogP contribution in [-0.2, 0) is 4.43 Å². The summed E-state index contributed by atoms with van der Waals surface area (Å²) in [6.07, 6.45) is 0.848. The van der Waals surface area contributed by atoms with Crippen molar-refractivity contribution in [1.29, 1.82) is 0 Å². The van der Waals surface area contributed by atoms with E-state index in [2.05, 4.69) is 78.9 Å². The van der Waals surface area contributed by atoms with Crippen molar-refractivity contribution in [3.05, 3.63) is 69.7 Å². The maximum atomic E-state index is 6.69. The Kier molecular flexibility index (Phi) is 10.9. The Bertz CT molecular complexity index is 864. The summed E-state index contributed by atoms with van der Waals surface area (Å²) >= 11 is 14.7. The minimum Gasteiger partial charge on any atom is -0.408 e. The highest BCUT2D eigenvalue weighted by atomic mass is 35.5. The highest BCUT2D eigenvalue weighted by molar-refractivity contribution is 8.01. The van der Waals surface area contributed by atoms with E-state index in [0.29, 0.717) is 21.1 Å². The molecule has 0 amide bonds. The summed E-state index contributed by atoms with van der Waals surface area (Å²) in [6, 6.07) is 16.5. The van der Waals surface area contributed by atoms with Gasteiger partial charge in [-0.3, -0.25) is 0 Å². The van der Waals surface area contributed by atoms with Crippen molar-refractivity contribution in [3.63, 3.8) is 0 Å². The lowest BCUT2D eigenvalue weighted by molar-refractivity contribution is 0.146. The molecule has 182 valence electrons. The van der Waals surface area contributed by atoms with E-state index in [0.717, 1.165) is 27.6 Å². The third kappa shape index (κ3) is 9.95. The van der Waals surface area contributed by atoms with Gasteiger partial charge in [-0.1, -0.05) is 103 Å². The molecule has 0 aliphatic carbocycles. The van der Waals surface area contributed by atoms with E-state index in [1.54, 1.807) is 0 Å². The van der Waals surface area contributed by atoms with E-state index >= 15 is 0 Å². The quantitative estimate of drug-likeness (QED) is 0.314. The lowest BCUT2D eigenvalue weighted by atomic mass is 9.94. The normalized spacial score (nSPS) is 16.3. The average Bonchev–Trinajstić information content (AvgIpc) is 2.69. The molecule has 4 atom stereocenters. The van der Waals surface area contributed by atoms with Crippen molar-refractivity contribution in [2.75, 3.05) is 0 Å². The molecule has 0 bridgehead atoms. The molecule has 0 fully saturated rings. The molecule has 0 spiro atoms. The molecule has 2 radical (unpaired) electrons. The summed E-state index contributed by atoms with van der Waals surface area (Å²) < 4.78 is 6.88. The van der Waals surface area contributed by atoms with Gasteiger partial charge in [0.2, 0.25) is 9.76 Å². The molecule has 6 heteroatoms. The van der Waals surface area contributed by atoms with Gasteiger partial charge in [0, 0.05) is 26.1 Å². The summed E-state index contributed by atoms with van der Waals surface area (Å²) in [5.74, 6) is 0. The summed E-state index contributed by atoms with van der Waals surface area (Å²) in [6.45, 7) is 18.0. The van der Waals surface area contributed by atoms with Gasteiger partial charge in [-0.05, 0) is 46.9 Å². The second-order valence-electron chi connectivity index (χ2n) is 10.6. The van der Waals surface area contributed by atoms with Crippen molar-refractivity contribution in [3.8, 4) is 0 Å². The first kappa shape index (κ1) is 28.7. The summed E-state index contributed by atoms with van der Waals surface area (Å²) in [7, 11) is 0.348. The van der Waals surface area contributed by atoms with Crippen LogP contribution in [0.3, 0.4) is 0 Å². The van der Waals surface area contributed by atoms with Crippen LogP contribution in [0.25, 0.3) is 0 Å². The van der Waals surface area contributed by atoms with E-state index in [1.165, 1.54) is 0 Å². The molecule has 2 nitrogen and oxygen atoms in total. The molecule has 33 heavy (non-hydrogen) atoms. The lowest BCUT2D eigenvalue weighted by Gasteiger charge is -2.37. The molecule has 0 saturated heterocycles. The molecule has 0 aliphatic rings. The smallest absolute Gasteiger partial charge is 0.236 e. The molecule has 1 N–H and O–H groups in total. The van der Waals surface area contributed by atoms with E-state index in [9.17, 15) is 0 Å². The first-order valence-corrected chi connectivity index (χ1v) is 14.2. The minimum atomic E-state index is -0.177. The van der Waals surface area contributed by atoms with Gasteiger partial charge in [0.15, 0.2) is 0 Å². The van der Waals surface area contributed by atoms with Gasteiger partial charge in [0.25, 0.3) is 0 Å². The third-order valence-electron chi connectivity index (χ3n) is 5.14. The average molecular weight is 525 g/mol. The molecule has 0 aromatic heterocycles. The highest BCUT2D eigenvalue weighted by Gasteiger charge is 2.32. The number of hydrogen-bond donors (Lipinski definition) is 1. The molecule has 2 aromatic rings. The van der Waals surface area contributed by atoms with Crippen LogP contribution in [0.5, 0.6) is 0 Å². The predicted octanol–water partition coefficient (Wildman–Crippen LogP) is 8.92. The standard InChI is InChI=1S/C27H39Cl2NOSSi/c1-9-23(18(2)32-26(3,4)5)30-24(19-13-15-21(28)16-14-19)25(31-33-27(6,7)8)20-11-10-12-22(29)17-20/h10-18,23-25,30H,9H2,1-8H3/t18-,23+,24-,25-/m1/s1. The Balaban J connectivity index is 2.49. The highest BCUT2D eigenvalue weighted by Crippen LogP contribution is 2.38. The molecule has 0 unspecified atom stereocenters. The zero-order valence-electron chi connectivity index (χ0n) is 21.2. The van der Waals surface area contributed by atoms with Crippen LogP contribution in [0, 0.1) is 0 Å². The third-order valence-corrected chi connectivity index (χ3v) is 8.02. The van der Waals surface area contributed by atoms with Gasteiger partial charge < -0.3 is 9.74 Å². The fourth-order valence-corrected chi connectivity index (χ4v) is 6.36. The largest absolute Gasteiger partial charge is 0.408 e. The minimum absolute atomic E-state index is 0.0384. The van der Waals surface area contributed by atoms with Crippen LogP contribution in [0.15, 0.2) is 48.5 Å². The monoisotopic (exact) mass is 523 g/mol. The van der Waals surface area contributed by atoms with Crippen LogP contribution in [0.1, 0.15) is 85.1 Å². The van der Waals surface area contributed by atoms with Crippen LogP contribution in [-0.4, -0.2) is 25.8 Å². The zero-order valence-corrected chi connectivity index (χ0v) is 24.5. The maximum absolute atomic E-state index is 6.69. The first-order chi connectivity index (χ1) is 15.3. The molecule has 2 rings (SSSR count). The van der Waals surface area contributed by atoms with Crippen LogP contribution < -0.4 is 5.32 Å². The fourth-order valence-electron chi connectivity index (χ4n) is 3.74. The second-order valence-corrected chi connectivity index (χ2v) is 15.6. The van der Waals surface area contributed by atoms with Gasteiger partial charge in [-0.15, -0.1) is 0 Å². The molecular weight excluding hydrogens is 485 g/mol. The molecular formula is C27H39Cl2NOSSi. The van der Waals surface area contributed by atoms with Crippen LogP contribution >= 0.6 is 35.0 Å². The summed E-state index contributed by atoms with van der Waals surface area (Å²) in [4.78, 5) is 0. The maximum Gasteiger partial charge on any atom is 0.236 e. The number of nitrogens with one attached hydrogen (secondary N) is 1. The van der Waals surface area contributed by atoms with Crippen LogP contribution in [0.4, 0.5) is 0 Å². The van der Waals surface area contributed by atoms with Crippen molar-refractivity contribution >= 4 is 44.7 Å². The van der Waals surface area contributed by atoms with Gasteiger partial charge >= 0.3 is 0 Å². The van der Waals surface area contributed by atoms with Crippen LogP contribution in [0.2, 0.25) is 15.1 Å². The number of rotatable bonds is 10. The Hall–Kier alpha value is -0.493. The molecule has 0 heterocycles. The number of hydrogen-bond acceptors (Lipinski definition) is 3. The summed E-state index contributed by atoms with van der Waals surface area (Å²) in [5.41, 5.74) is 2.24. The number of halogens is 2. The Labute approximate surface area is 218 Å². The molecule has 0 aliphatic heterocycles. The second kappa shape index (κ2) is 12.5. The SMILES string of the molecule is CC[C@H](N[C@H](c1ccc(Cl)cc1)[C@H](O[Si]C(C)(C)C)c1cccc(Cl)c1)[C@@H](C)SC(C)(C)C. The lowest BCUT2D eigenvalue weighted by Crippen LogP contribution is -2.43. The number of thioether (sulfide) groups is 1. The Morgan fingerprint density at radius 2 is 1.58 bits per heavy atom. The van der Waals surface area contributed by atoms with E-state index in [4.69, 9.17) is 27.6 Å². The Morgan fingerprint density at radius 3 is 2.09 bits per heavy atom. The van der Waals surface area contributed by atoms with Crippen molar-refractivity contribution in [2.45, 2.75) is 95.0 Å². The zero-order chi connectivity index (χ0) is 24.8. The summed E-state index contributed by atoms with van der Waals surface area (Å²) in [5, 5.41) is 5.95. The predicted molar refractivity (Wildman–Crippen MR) is 149 cm³/mol. The van der Waals surface area contributed by atoms with Crippen molar-refractivity contribution in [2.24, 2.45) is 0 Å². The molecule has 2 aromatic carbocycles. The molecule has 0 saturated carbocycles. The van der Waals surface area contributed by atoms with Crippen molar-refractivity contribution in [1.82, 2.24) is 5.32 Å². The van der Waals surface area contributed by atoms with Gasteiger partial charge in [-0.25, -0.2) is 0 Å². The van der Waals surface area contributed by atoms with E-state index in [1.807, 2.05) is 42.1 Å².